The second-order valence-electron chi connectivity index (χ2n) is 9.02. The number of carbonyl (C=O) groups excluding carboxylic acids is 3. The summed E-state index contributed by atoms with van der Waals surface area (Å²) < 4.78 is 0. The number of halogens is 1. The van der Waals surface area contributed by atoms with Crippen molar-refractivity contribution in [1.82, 2.24) is 4.90 Å². The van der Waals surface area contributed by atoms with Crippen LogP contribution in [-0.4, -0.2) is 47.2 Å². The molecule has 12 nitrogen and oxygen atoms in total. The predicted octanol–water partition coefficient (Wildman–Crippen LogP) is 6.01. The van der Waals surface area contributed by atoms with Crippen molar-refractivity contribution in [3.05, 3.63) is 86.4 Å². The number of non-ortho nitro benzene ring substituents is 1. The fourth-order valence-electron chi connectivity index (χ4n) is 4.41. The van der Waals surface area contributed by atoms with Gasteiger partial charge in [-0.3, -0.25) is 29.4 Å². The summed E-state index contributed by atoms with van der Waals surface area (Å²) in [5, 5.41) is 31.3. The molecular formula is C28H24ClN7O5. The van der Waals surface area contributed by atoms with Crippen molar-refractivity contribution in [2.24, 2.45) is 10.2 Å². The summed E-state index contributed by atoms with van der Waals surface area (Å²) in [5.74, 6) is -0.952. The standard InChI is InChI=1S/C28H24ClN7O5/c1-3-34(11-6-12-35-27(38)21-7-4-5-8-22(21)28(35)39)19-9-10-24(25(15-19)31-17(2)37)32-33-26-18(16-30)13-20(36(40)41)14-23(26)29/h4-5,7-10,13-15H,3,6,11-12H2,1-2H3,(H,31,37). The van der Waals surface area contributed by atoms with E-state index >= 15 is 0 Å². The Morgan fingerprint density at radius 2 is 1.80 bits per heavy atom. The molecule has 0 saturated heterocycles. The molecular weight excluding hydrogens is 550 g/mol. The van der Waals surface area contributed by atoms with Gasteiger partial charge < -0.3 is 10.2 Å². The van der Waals surface area contributed by atoms with E-state index in [1.165, 1.54) is 11.8 Å². The fourth-order valence-corrected chi connectivity index (χ4v) is 4.66. The van der Waals surface area contributed by atoms with Crippen LogP contribution in [0.4, 0.5) is 28.4 Å². The number of nitro benzene ring substituents is 1. The summed E-state index contributed by atoms with van der Waals surface area (Å²) in [6, 6.07) is 15.8. The van der Waals surface area contributed by atoms with Crippen LogP contribution in [0.3, 0.4) is 0 Å². The molecule has 0 bridgehead atoms. The van der Waals surface area contributed by atoms with Crippen molar-refractivity contribution in [3.63, 3.8) is 0 Å². The van der Waals surface area contributed by atoms with E-state index in [1.807, 2.05) is 17.9 Å². The summed E-state index contributed by atoms with van der Waals surface area (Å²) in [5.41, 5.74) is 1.67. The molecule has 0 unspecified atom stereocenters. The fraction of sp³-hybridized carbons (Fsp3) is 0.214. The molecule has 1 aliphatic rings. The normalized spacial score (nSPS) is 12.4. The highest BCUT2D eigenvalue weighted by atomic mass is 35.5. The molecule has 4 rings (SSSR count). The van der Waals surface area contributed by atoms with E-state index in [1.54, 1.807) is 42.5 Å². The number of nitrogens with one attached hydrogen (secondary N) is 1. The first-order chi connectivity index (χ1) is 19.6. The number of amides is 3. The van der Waals surface area contributed by atoms with Gasteiger partial charge in [0.1, 0.15) is 17.4 Å². The molecule has 41 heavy (non-hydrogen) atoms. The summed E-state index contributed by atoms with van der Waals surface area (Å²) in [6.07, 6.45) is 0.520. The van der Waals surface area contributed by atoms with Crippen LogP contribution >= 0.6 is 11.6 Å². The SMILES string of the molecule is CCN(CCCN1C(=O)c2ccccc2C1=O)c1ccc(N=Nc2c(Cl)cc([N+](=O)[O-])cc2C#N)c(NC(C)=O)c1. The Kier molecular flexibility index (Phi) is 8.69. The zero-order chi connectivity index (χ0) is 29.7. The van der Waals surface area contributed by atoms with E-state index in [9.17, 15) is 29.8 Å². The number of azo groups is 1. The van der Waals surface area contributed by atoms with Crippen molar-refractivity contribution < 1.29 is 19.3 Å². The maximum Gasteiger partial charge on any atom is 0.272 e. The number of hydrogen-bond donors (Lipinski definition) is 1. The zero-order valence-electron chi connectivity index (χ0n) is 22.1. The maximum atomic E-state index is 12.7. The van der Waals surface area contributed by atoms with Gasteiger partial charge >= 0.3 is 0 Å². The van der Waals surface area contributed by atoms with E-state index in [-0.39, 0.29) is 51.9 Å². The van der Waals surface area contributed by atoms with Gasteiger partial charge in [0.2, 0.25) is 5.91 Å². The smallest absolute Gasteiger partial charge is 0.272 e. The highest BCUT2D eigenvalue weighted by Crippen LogP contribution is 2.37. The van der Waals surface area contributed by atoms with Gasteiger partial charge in [0.15, 0.2) is 0 Å². The summed E-state index contributed by atoms with van der Waals surface area (Å²) in [7, 11) is 0. The first-order valence-electron chi connectivity index (χ1n) is 12.6. The predicted molar refractivity (Wildman–Crippen MR) is 152 cm³/mol. The van der Waals surface area contributed by atoms with Gasteiger partial charge in [0.05, 0.1) is 32.3 Å². The topological polar surface area (TPSA) is 161 Å². The van der Waals surface area contributed by atoms with Crippen molar-refractivity contribution in [2.75, 3.05) is 29.9 Å². The van der Waals surface area contributed by atoms with Gasteiger partial charge in [-0.1, -0.05) is 23.7 Å². The molecule has 0 aliphatic carbocycles. The van der Waals surface area contributed by atoms with Crippen molar-refractivity contribution >= 4 is 57.8 Å². The third kappa shape index (κ3) is 6.21. The number of nitro groups is 1. The van der Waals surface area contributed by atoms with Crippen LogP contribution in [0.5, 0.6) is 0 Å². The van der Waals surface area contributed by atoms with Crippen molar-refractivity contribution in [2.45, 2.75) is 20.3 Å². The molecule has 208 valence electrons. The third-order valence-corrected chi connectivity index (χ3v) is 6.65. The average Bonchev–Trinajstić information content (AvgIpc) is 3.19. The highest BCUT2D eigenvalue weighted by Gasteiger charge is 2.34. The van der Waals surface area contributed by atoms with Gasteiger partial charge in [0, 0.05) is 44.4 Å². The van der Waals surface area contributed by atoms with Gasteiger partial charge in [0.25, 0.3) is 17.5 Å². The lowest BCUT2D eigenvalue weighted by molar-refractivity contribution is -0.384. The zero-order valence-corrected chi connectivity index (χ0v) is 22.9. The molecule has 0 radical (unpaired) electrons. The Labute approximate surface area is 240 Å². The summed E-state index contributed by atoms with van der Waals surface area (Å²) in [6.45, 7) is 4.67. The van der Waals surface area contributed by atoms with Crippen molar-refractivity contribution in [1.29, 1.82) is 5.26 Å². The quantitative estimate of drug-likeness (QED) is 0.134. The molecule has 1 heterocycles. The number of fused-ring (bicyclic) bond motifs is 1. The van der Waals surface area contributed by atoms with E-state index in [0.717, 1.165) is 17.8 Å². The van der Waals surface area contributed by atoms with Crippen molar-refractivity contribution in [3.8, 4) is 6.07 Å². The maximum absolute atomic E-state index is 12.7. The summed E-state index contributed by atoms with van der Waals surface area (Å²) >= 11 is 6.14. The Morgan fingerprint density at radius 3 is 2.39 bits per heavy atom. The van der Waals surface area contributed by atoms with E-state index in [0.29, 0.717) is 36.3 Å². The number of imide groups is 1. The summed E-state index contributed by atoms with van der Waals surface area (Å²) in [4.78, 5) is 50.9. The Hall–Kier alpha value is -5.15. The lowest BCUT2D eigenvalue weighted by Gasteiger charge is -2.25. The molecule has 3 aromatic rings. The molecule has 0 aromatic heterocycles. The first kappa shape index (κ1) is 28.8. The number of anilines is 2. The van der Waals surface area contributed by atoms with Crippen LogP contribution in [0.25, 0.3) is 0 Å². The minimum atomic E-state index is -0.666. The molecule has 3 aromatic carbocycles. The van der Waals surface area contributed by atoms with Gasteiger partial charge in [-0.05, 0) is 43.7 Å². The minimum absolute atomic E-state index is 0.0408. The Balaban J connectivity index is 1.53. The second-order valence-corrected chi connectivity index (χ2v) is 9.42. The van der Waals surface area contributed by atoms with Crippen LogP contribution in [0.1, 0.15) is 46.5 Å². The lowest BCUT2D eigenvalue weighted by Crippen LogP contribution is -2.33. The van der Waals surface area contributed by atoms with Crippen LogP contribution in [0, 0.1) is 21.4 Å². The largest absolute Gasteiger partial charge is 0.372 e. The van der Waals surface area contributed by atoms with Gasteiger partial charge in [-0.15, -0.1) is 10.2 Å². The molecule has 0 atom stereocenters. The van der Waals surface area contributed by atoms with E-state index < -0.39 is 4.92 Å². The number of benzene rings is 3. The number of nitrogens with zero attached hydrogens (tertiary/aromatic N) is 6. The third-order valence-electron chi connectivity index (χ3n) is 6.36. The molecule has 3 amide bonds. The minimum Gasteiger partial charge on any atom is -0.372 e. The van der Waals surface area contributed by atoms with Crippen LogP contribution < -0.4 is 10.2 Å². The van der Waals surface area contributed by atoms with E-state index in [4.69, 9.17) is 11.6 Å². The monoisotopic (exact) mass is 573 g/mol. The molecule has 0 spiro atoms. The Morgan fingerprint density at radius 1 is 1.12 bits per heavy atom. The molecule has 0 saturated carbocycles. The number of carbonyl (C=O) groups is 3. The number of hydrogen-bond acceptors (Lipinski definition) is 9. The lowest BCUT2D eigenvalue weighted by atomic mass is 10.1. The molecule has 1 aliphatic heterocycles. The highest BCUT2D eigenvalue weighted by molar-refractivity contribution is 6.33. The molecule has 1 N–H and O–H groups in total. The first-order valence-corrected chi connectivity index (χ1v) is 12.9. The van der Waals surface area contributed by atoms with Crippen LogP contribution in [-0.2, 0) is 4.79 Å². The van der Waals surface area contributed by atoms with E-state index in [2.05, 4.69) is 15.5 Å². The molecule has 0 fully saturated rings. The number of rotatable bonds is 10. The number of nitriles is 1. The average molecular weight is 574 g/mol. The molecule has 13 heteroatoms. The van der Waals surface area contributed by atoms with Crippen LogP contribution in [0.15, 0.2) is 64.8 Å². The second kappa shape index (κ2) is 12.4. The van der Waals surface area contributed by atoms with Gasteiger partial charge in [-0.25, -0.2) is 0 Å². The van der Waals surface area contributed by atoms with Crippen LogP contribution in [0.2, 0.25) is 5.02 Å². The Bertz CT molecular complexity index is 1600. The van der Waals surface area contributed by atoms with Gasteiger partial charge in [-0.2, -0.15) is 5.26 Å².